The van der Waals surface area contributed by atoms with Gasteiger partial charge in [-0.2, -0.15) is 0 Å². The Labute approximate surface area is 95.4 Å². The highest BCUT2D eigenvalue weighted by Crippen LogP contribution is 2.18. The van der Waals surface area contributed by atoms with Crippen molar-refractivity contribution in [2.24, 2.45) is 0 Å². The van der Waals surface area contributed by atoms with Crippen LogP contribution in [0.4, 0.5) is 0 Å². The molecule has 3 nitrogen and oxygen atoms in total. The molecule has 14 heavy (non-hydrogen) atoms. The lowest BCUT2D eigenvalue weighted by Gasteiger charge is -2.35. The molecule has 2 fully saturated rings. The lowest BCUT2D eigenvalue weighted by atomic mass is 10.3. The van der Waals surface area contributed by atoms with Crippen molar-refractivity contribution in [3.8, 4) is 0 Å². The number of piperazine rings is 1. The highest BCUT2D eigenvalue weighted by atomic mass is 32.2. The fourth-order valence-corrected chi connectivity index (χ4v) is 3.00. The molecule has 0 aromatic rings. The Bertz CT molecular complexity index is 214. The summed E-state index contributed by atoms with van der Waals surface area (Å²) in [6.07, 6.45) is 0. The predicted octanol–water partition coefficient (Wildman–Crippen LogP) is 0.525. The second-order valence-corrected chi connectivity index (χ2v) is 5.67. The van der Waals surface area contributed by atoms with E-state index in [1.165, 1.54) is 31.9 Å². The average molecular weight is 231 g/mol. The molecule has 0 aliphatic carbocycles. The van der Waals surface area contributed by atoms with Crippen molar-refractivity contribution >= 4 is 28.3 Å². The molecule has 0 saturated carbocycles. The van der Waals surface area contributed by atoms with E-state index in [0.29, 0.717) is 0 Å². The molecule has 2 heterocycles. The van der Waals surface area contributed by atoms with Crippen molar-refractivity contribution in [2.45, 2.75) is 0 Å². The molecule has 80 valence electrons. The summed E-state index contributed by atoms with van der Waals surface area (Å²) in [5.74, 6) is 1.17. The summed E-state index contributed by atoms with van der Waals surface area (Å²) in [4.78, 5) is 7.21. The van der Waals surface area contributed by atoms with Crippen molar-refractivity contribution in [2.75, 3.05) is 52.2 Å². The second kappa shape index (κ2) is 4.79. The van der Waals surface area contributed by atoms with Crippen LogP contribution in [0.3, 0.4) is 0 Å². The Balaban J connectivity index is 1.77. The Morgan fingerprint density at radius 1 is 1.21 bits per heavy atom. The van der Waals surface area contributed by atoms with Gasteiger partial charge in [-0.3, -0.25) is 4.90 Å². The summed E-state index contributed by atoms with van der Waals surface area (Å²) in [7, 11) is 2.19. The summed E-state index contributed by atoms with van der Waals surface area (Å²) < 4.78 is 1.09. The quantitative estimate of drug-likeness (QED) is 0.639. The van der Waals surface area contributed by atoms with E-state index in [1.807, 2.05) is 11.8 Å². The number of likely N-dealkylation sites (N-methyl/N-ethyl adjacent to an activating group) is 1. The zero-order chi connectivity index (χ0) is 9.97. The van der Waals surface area contributed by atoms with Gasteiger partial charge in [0.2, 0.25) is 0 Å². The molecule has 2 aliphatic rings. The minimum Gasteiger partial charge on any atom is -0.344 e. The average Bonchev–Trinajstić information content (AvgIpc) is 2.56. The maximum Gasteiger partial charge on any atom is 0.137 e. The molecule has 0 spiro atoms. The van der Waals surface area contributed by atoms with E-state index in [4.69, 9.17) is 12.2 Å². The number of hydrogen-bond acceptors (Lipinski definition) is 4. The van der Waals surface area contributed by atoms with Crippen LogP contribution in [0.2, 0.25) is 0 Å². The van der Waals surface area contributed by atoms with Gasteiger partial charge in [-0.25, -0.2) is 0 Å². The third-order valence-corrected chi connectivity index (χ3v) is 4.32. The molecule has 0 aromatic heterocycles. The van der Waals surface area contributed by atoms with Crippen LogP contribution in [-0.2, 0) is 0 Å². The topological polar surface area (TPSA) is 9.72 Å². The maximum atomic E-state index is 5.28. The van der Waals surface area contributed by atoms with Gasteiger partial charge in [-0.1, -0.05) is 24.0 Å². The zero-order valence-corrected chi connectivity index (χ0v) is 10.2. The van der Waals surface area contributed by atoms with Gasteiger partial charge in [0.05, 0.1) is 6.67 Å². The van der Waals surface area contributed by atoms with Gasteiger partial charge in [0.1, 0.15) is 4.32 Å². The number of nitrogens with zero attached hydrogens (tertiary/aromatic N) is 3. The van der Waals surface area contributed by atoms with Gasteiger partial charge in [-0.15, -0.1) is 0 Å². The fraction of sp³-hybridized carbons (Fsp3) is 0.889. The van der Waals surface area contributed by atoms with E-state index >= 15 is 0 Å². The van der Waals surface area contributed by atoms with Crippen LogP contribution in [0.1, 0.15) is 0 Å². The van der Waals surface area contributed by atoms with E-state index in [0.717, 1.165) is 17.5 Å². The van der Waals surface area contributed by atoms with E-state index in [2.05, 4.69) is 21.7 Å². The lowest BCUT2D eigenvalue weighted by Crippen LogP contribution is -2.48. The molecule has 0 unspecified atom stereocenters. The first-order chi connectivity index (χ1) is 6.75. The third kappa shape index (κ3) is 2.59. The molecule has 0 atom stereocenters. The van der Waals surface area contributed by atoms with Gasteiger partial charge in [0.25, 0.3) is 0 Å². The van der Waals surface area contributed by atoms with Gasteiger partial charge in [-0.05, 0) is 7.05 Å². The normalized spacial score (nSPS) is 26.1. The SMILES string of the molecule is CN1CCN(CN2CCSC2=S)CC1. The minimum atomic E-state index is 1.04. The molecule has 0 amide bonds. The summed E-state index contributed by atoms with van der Waals surface area (Å²) in [5.41, 5.74) is 0. The largest absolute Gasteiger partial charge is 0.344 e. The zero-order valence-electron chi connectivity index (χ0n) is 8.61. The van der Waals surface area contributed by atoms with Crippen LogP contribution < -0.4 is 0 Å². The first kappa shape index (κ1) is 10.7. The third-order valence-electron chi connectivity index (χ3n) is 2.81. The molecular weight excluding hydrogens is 214 g/mol. The molecule has 2 saturated heterocycles. The number of rotatable bonds is 2. The fourth-order valence-electron chi connectivity index (χ4n) is 1.78. The van der Waals surface area contributed by atoms with Gasteiger partial charge in [0, 0.05) is 38.5 Å². The number of hydrogen-bond donors (Lipinski definition) is 0. The number of thioether (sulfide) groups is 1. The first-order valence-corrected chi connectivity index (χ1v) is 6.48. The van der Waals surface area contributed by atoms with Crippen molar-refractivity contribution in [1.29, 1.82) is 0 Å². The first-order valence-electron chi connectivity index (χ1n) is 5.08. The molecule has 0 radical (unpaired) electrons. The molecule has 5 heteroatoms. The van der Waals surface area contributed by atoms with Gasteiger partial charge < -0.3 is 9.80 Å². The predicted molar refractivity (Wildman–Crippen MR) is 65.7 cm³/mol. The molecule has 2 rings (SSSR count). The molecular formula is C9H17N3S2. The number of thiocarbonyl (C=S) groups is 1. The van der Waals surface area contributed by atoms with E-state index in [1.54, 1.807) is 0 Å². The van der Waals surface area contributed by atoms with Crippen LogP contribution in [0.5, 0.6) is 0 Å². The Kier molecular flexibility index (Phi) is 3.65. The molecule has 0 bridgehead atoms. The molecule has 0 N–H and O–H groups in total. The maximum absolute atomic E-state index is 5.28. The smallest absolute Gasteiger partial charge is 0.137 e. The van der Waals surface area contributed by atoms with Crippen molar-refractivity contribution < 1.29 is 0 Å². The summed E-state index contributed by atoms with van der Waals surface area (Å²) in [6.45, 7) is 6.91. The van der Waals surface area contributed by atoms with Gasteiger partial charge >= 0.3 is 0 Å². The Morgan fingerprint density at radius 3 is 2.50 bits per heavy atom. The monoisotopic (exact) mass is 231 g/mol. The Hall–Kier alpha value is 0.160. The standard InChI is InChI=1S/C9H17N3S2/c1-10-2-4-11(5-3-10)8-12-6-7-14-9(12)13/h2-8H2,1H3. The lowest BCUT2D eigenvalue weighted by molar-refractivity contribution is 0.118. The van der Waals surface area contributed by atoms with Crippen LogP contribution in [0.15, 0.2) is 0 Å². The van der Waals surface area contributed by atoms with Crippen molar-refractivity contribution in [3.63, 3.8) is 0 Å². The summed E-state index contributed by atoms with van der Waals surface area (Å²) >= 11 is 7.10. The minimum absolute atomic E-state index is 1.04. The van der Waals surface area contributed by atoms with Crippen LogP contribution >= 0.6 is 24.0 Å². The van der Waals surface area contributed by atoms with E-state index in [9.17, 15) is 0 Å². The summed E-state index contributed by atoms with van der Waals surface area (Å²) in [5, 5.41) is 0. The highest BCUT2D eigenvalue weighted by Gasteiger charge is 2.21. The second-order valence-electron chi connectivity index (χ2n) is 3.94. The highest BCUT2D eigenvalue weighted by molar-refractivity contribution is 8.23. The molecule has 0 aromatic carbocycles. The van der Waals surface area contributed by atoms with E-state index < -0.39 is 0 Å². The van der Waals surface area contributed by atoms with Crippen molar-refractivity contribution in [1.82, 2.24) is 14.7 Å². The molecule has 2 aliphatic heterocycles. The van der Waals surface area contributed by atoms with Crippen LogP contribution in [0.25, 0.3) is 0 Å². The van der Waals surface area contributed by atoms with Crippen LogP contribution in [0, 0.1) is 0 Å². The summed E-state index contributed by atoms with van der Waals surface area (Å²) in [6, 6.07) is 0. The van der Waals surface area contributed by atoms with E-state index in [-0.39, 0.29) is 0 Å². The van der Waals surface area contributed by atoms with Crippen molar-refractivity contribution in [3.05, 3.63) is 0 Å². The Morgan fingerprint density at radius 2 is 1.93 bits per heavy atom. The van der Waals surface area contributed by atoms with Gasteiger partial charge in [0.15, 0.2) is 0 Å². The van der Waals surface area contributed by atoms with Crippen LogP contribution in [-0.4, -0.2) is 71.2 Å².